The summed E-state index contributed by atoms with van der Waals surface area (Å²) in [5.74, 6) is 0. The summed E-state index contributed by atoms with van der Waals surface area (Å²) in [5.41, 5.74) is 6.69. The van der Waals surface area contributed by atoms with Crippen molar-refractivity contribution in [3.05, 3.63) is 36.4 Å². The number of quaternary nitrogens is 1. The van der Waals surface area contributed by atoms with Gasteiger partial charge in [0, 0.05) is 17.8 Å². The maximum atomic E-state index is 10.9. The van der Waals surface area contributed by atoms with E-state index in [1.54, 1.807) is 6.92 Å². The van der Waals surface area contributed by atoms with Crippen molar-refractivity contribution in [2.45, 2.75) is 6.92 Å². The van der Waals surface area contributed by atoms with Crippen LogP contribution in [0.25, 0.3) is 0 Å². The molecule has 0 fully saturated rings. The van der Waals surface area contributed by atoms with Crippen molar-refractivity contribution in [1.82, 2.24) is 4.48 Å². The highest BCUT2D eigenvalue weighted by Crippen LogP contribution is 2.22. The van der Waals surface area contributed by atoms with Crippen LogP contribution in [0.5, 0.6) is 0 Å². The van der Waals surface area contributed by atoms with E-state index in [1.165, 1.54) is 24.3 Å². The van der Waals surface area contributed by atoms with Gasteiger partial charge in [0.05, 0.1) is 7.05 Å². The fourth-order valence-electron chi connectivity index (χ4n) is 1.08. The molecule has 0 saturated heterocycles. The van der Waals surface area contributed by atoms with Crippen molar-refractivity contribution < 1.29 is 24.9 Å². The zero-order chi connectivity index (χ0) is 15.9. The van der Waals surface area contributed by atoms with Crippen LogP contribution in [0.3, 0.4) is 0 Å². The van der Waals surface area contributed by atoms with Gasteiger partial charge in [-0.2, -0.15) is 9.59 Å². The molecule has 0 aliphatic heterocycles. The predicted molar refractivity (Wildman–Crippen MR) is 74.3 cm³/mol. The molecule has 0 atom stereocenters. The number of nitrogen functional groups attached to an aromatic ring is 1. The molecule has 0 heterocycles. The van der Waals surface area contributed by atoms with Crippen molar-refractivity contribution in [3.8, 4) is 0 Å². The highest BCUT2D eigenvalue weighted by Gasteiger charge is 2.43. The average molecular weight is 282 g/mol. The van der Waals surface area contributed by atoms with Gasteiger partial charge >= 0.3 is 12.2 Å². The number of benzene rings is 1. The third-order valence-electron chi connectivity index (χ3n) is 2.42. The van der Waals surface area contributed by atoms with E-state index in [1.807, 2.05) is 0 Å². The van der Waals surface area contributed by atoms with E-state index < -0.39 is 16.7 Å². The van der Waals surface area contributed by atoms with E-state index in [4.69, 9.17) is 15.9 Å². The monoisotopic (exact) mass is 282 g/mol. The molecule has 0 bridgehead atoms. The quantitative estimate of drug-likeness (QED) is 0.429. The van der Waals surface area contributed by atoms with Crippen molar-refractivity contribution in [2.75, 3.05) is 19.4 Å². The van der Waals surface area contributed by atoms with Crippen LogP contribution in [0.2, 0.25) is 0 Å². The molecular formula is C13H18N2O5. The van der Waals surface area contributed by atoms with Crippen LogP contribution in [0, 0.1) is 0 Å². The lowest BCUT2D eigenvalue weighted by molar-refractivity contribution is -0.355. The number of hydrogen-bond acceptors (Lipinski definition) is 4. The highest BCUT2D eigenvalue weighted by atomic mass is 16.4. The Hall–Kier alpha value is -2.38. The molecule has 0 spiro atoms. The molecule has 0 radical (unpaired) electrons. The lowest BCUT2D eigenvalue weighted by Gasteiger charge is -2.20. The maximum Gasteiger partial charge on any atom is 0.529 e. The molecule has 0 saturated carbocycles. The van der Waals surface area contributed by atoms with Crippen LogP contribution in [-0.4, -0.2) is 36.1 Å². The first kappa shape index (κ1) is 17.6. The Balaban J connectivity index is 0.000000621. The molecular weight excluding hydrogens is 264 g/mol. The molecule has 1 rings (SSSR count). The molecule has 0 aromatic heterocycles. The Bertz CT molecular complexity index is 482. The number of carboxylic acid groups (broad SMARTS) is 2. The minimum Gasteiger partial charge on any atom is -0.851 e. The van der Waals surface area contributed by atoms with Gasteiger partial charge in [-0.15, -0.1) is 13.2 Å². The second-order valence-corrected chi connectivity index (χ2v) is 4.26. The van der Waals surface area contributed by atoms with Gasteiger partial charge in [-0.1, -0.05) is 10.1 Å². The van der Waals surface area contributed by atoms with E-state index in [0.717, 1.165) is 7.05 Å². The number of nitrogens with zero attached hydrogens (tertiary/aromatic N) is 1. The number of amides is 2. The molecule has 0 aliphatic rings. The van der Waals surface area contributed by atoms with Crippen LogP contribution in [0.15, 0.2) is 36.4 Å². The number of rotatable bonds is 2. The molecule has 110 valence electrons. The molecule has 20 heavy (non-hydrogen) atoms. The zero-order valence-corrected chi connectivity index (χ0v) is 11.4. The molecule has 1 aromatic rings. The number of nitrogens with two attached hydrogens (primary N) is 1. The van der Waals surface area contributed by atoms with Gasteiger partial charge in [-0.25, -0.2) is 0 Å². The van der Waals surface area contributed by atoms with Gasteiger partial charge in [0.25, 0.3) is 0 Å². The van der Waals surface area contributed by atoms with E-state index in [9.17, 15) is 14.7 Å². The average Bonchev–Trinajstić information content (AvgIpc) is 2.38. The van der Waals surface area contributed by atoms with Gasteiger partial charge < -0.3 is 21.1 Å². The van der Waals surface area contributed by atoms with Crippen molar-refractivity contribution in [3.63, 3.8) is 0 Å². The predicted octanol–water partition coefficient (Wildman–Crippen LogP) is 1.48. The Labute approximate surface area is 116 Å². The summed E-state index contributed by atoms with van der Waals surface area (Å²) in [7, 11) is 1.08. The summed E-state index contributed by atoms with van der Waals surface area (Å²) in [5, 5.41) is 27.3. The Kier molecular flexibility index (Phi) is 6.40. The minimum atomic E-state index is -1.47. The summed E-state index contributed by atoms with van der Waals surface area (Å²) in [6.07, 6.45) is -2.93. The maximum absolute atomic E-state index is 10.9. The fraction of sp³-hybridized carbons (Fsp3) is 0.231. The molecule has 7 heteroatoms. The lowest BCUT2D eigenvalue weighted by Crippen LogP contribution is -2.53. The van der Waals surface area contributed by atoms with E-state index in [0.29, 0.717) is 11.3 Å². The summed E-state index contributed by atoms with van der Waals surface area (Å²) in [6.45, 7) is 4.94. The normalized spacial score (nSPS) is 10.2. The Morgan fingerprint density at radius 3 is 1.85 bits per heavy atom. The summed E-state index contributed by atoms with van der Waals surface area (Å²) >= 11 is 0. The number of imide groups is 1. The second-order valence-electron chi connectivity index (χ2n) is 4.26. The van der Waals surface area contributed by atoms with E-state index >= 15 is 0 Å². The van der Waals surface area contributed by atoms with Crippen LogP contribution >= 0.6 is 0 Å². The number of carbonyl (C=O) groups is 2. The first-order valence-electron chi connectivity index (χ1n) is 5.58. The SMILES string of the molecule is C=C(C)C[O-].C[N+](C(=O)O)(C(=O)O)c1ccc(N)cc1. The topological polar surface area (TPSA) is 124 Å². The van der Waals surface area contributed by atoms with Crippen molar-refractivity contribution >= 4 is 23.6 Å². The van der Waals surface area contributed by atoms with Gasteiger partial charge in [0.15, 0.2) is 5.69 Å². The van der Waals surface area contributed by atoms with Crippen molar-refractivity contribution in [1.29, 1.82) is 0 Å². The summed E-state index contributed by atoms with van der Waals surface area (Å²) in [6, 6.07) is 5.66. The molecule has 4 N–H and O–H groups in total. The van der Waals surface area contributed by atoms with Crippen LogP contribution in [-0.2, 0) is 0 Å². The first-order valence-corrected chi connectivity index (χ1v) is 5.58. The van der Waals surface area contributed by atoms with Crippen LogP contribution in [0.1, 0.15) is 6.92 Å². The zero-order valence-electron chi connectivity index (χ0n) is 11.4. The van der Waals surface area contributed by atoms with E-state index in [2.05, 4.69) is 6.58 Å². The van der Waals surface area contributed by atoms with Gasteiger partial charge in [-0.05, 0) is 19.1 Å². The fourth-order valence-corrected chi connectivity index (χ4v) is 1.08. The van der Waals surface area contributed by atoms with Gasteiger partial charge in [0.2, 0.25) is 0 Å². The smallest absolute Gasteiger partial charge is 0.529 e. The molecule has 7 nitrogen and oxygen atoms in total. The van der Waals surface area contributed by atoms with Crippen molar-refractivity contribution in [2.24, 2.45) is 0 Å². The van der Waals surface area contributed by atoms with E-state index in [-0.39, 0.29) is 12.3 Å². The van der Waals surface area contributed by atoms with Gasteiger partial charge in [0.1, 0.15) is 0 Å². The van der Waals surface area contributed by atoms with Gasteiger partial charge in [-0.3, -0.25) is 0 Å². The Morgan fingerprint density at radius 2 is 1.60 bits per heavy atom. The van der Waals surface area contributed by atoms with Crippen LogP contribution < -0.4 is 15.3 Å². The molecule has 0 aliphatic carbocycles. The summed E-state index contributed by atoms with van der Waals surface area (Å²) in [4.78, 5) is 21.8. The third kappa shape index (κ3) is 4.38. The standard InChI is InChI=1S/C9H10N2O4.C4H7O/c1-11(8(12)13,9(14)15)7-4-2-6(10)3-5-7;1-4(2)3-5/h2-5H,10H2,1H3,(H-,12,13,14,15);1,3H2,2H3/q;-1/p+1. The van der Waals surface area contributed by atoms with Crippen LogP contribution in [0.4, 0.5) is 21.0 Å². The lowest BCUT2D eigenvalue weighted by atomic mass is 10.2. The largest absolute Gasteiger partial charge is 0.851 e. The number of hydrogen-bond donors (Lipinski definition) is 3. The molecule has 1 aromatic carbocycles. The molecule has 2 amide bonds. The Morgan fingerprint density at radius 1 is 1.25 bits per heavy atom. The summed E-state index contributed by atoms with van der Waals surface area (Å²) < 4.78 is -1.22. The third-order valence-corrected chi connectivity index (χ3v) is 2.42. The second kappa shape index (κ2) is 7.27. The first-order chi connectivity index (χ1) is 9.16. The number of anilines is 1. The highest BCUT2D eigenvalue weighted by molar-refractivity contribution is 6.00. The minimum absolute atomic E-state index is 0.129. The molecule has 0 unspecified atom stereocenters.